The van der Waals surface area contributed by atoms with Gasteiger partial charge in [0, 0.05) is 62.0 Å². The number of ether oxygens (including phenoxy) is 3. The van der Waals surface area contributed by atoms with Crippen molar-refractivity contribution in [3.8, 4) is 11.5 Å². The quantitative estimate of drug-likeness (QED) is 0.560. The lowest BCUT2D eigenvalue weighted by molar-refractivity contribution is -0.00159. The molecule has 8 heteroatoms. The summed E-state index contributed by atoms with van der Waals surface area (Å²) in [6.07, 6.45) is 2.68. The Bertz CT molecular complexity index is 1190. The molecule has 0 saturated carbocycles. The van der Waals surface area contributed by atoms with Crippen LogP contribution in [0, 0.1) is 0 Å². The summed E-state index contributed by atoms with van der Waals surface area (Å²) < 4.78 is 18.5. The Hall–Kier alpha value is -3.52. The van der Waals surface area contributed by atoms with Gasteiger partial charge in [-0.15, -0.1) is 0 Å². The lowest BCUT2D eigenvalue weighted by Crippen LogP contribution is -2.49. The van der Waals surface area contributed by atoms with Gasteiger partial charge in [0.15, 0.2) is 0 Å². The molecule has 0 aliphatic carbocycles. The van der Waals surface area contributed by atoms with Crippen LogP contribution < -0.4 is 9.47 Å². The van der Waals surface area contributed by atoms with E-state index in [9.17, 15) is 9.59 Å². The van der Waals surface area contributed by atoms with Gasteiger partial charge < -0.3 is 28.6 Å². The highest BCUT2D eigenvalue weighted by molar-refractivity contribution is 5.99. The normalized spacial score (nSPS) is 15.9. The maximum absolute atomic E-state index is 13.5. The number of amides is 2. The van der Waals surface area contributed by atoms with Gasteiger partial charge >= 0.3 is 0 Å². The number of carbonyl (C=O) groups excluding carboxylic acids is 2. The smallest absolute Gasteiger partial charge is 0.254 e. The molecule has 0 N–H and O–H groups in total. The lowest BCUT2D eigenvalue weighted by atomic mass is 10.0. The average Bonchev–Trinajstić information content (AvgIpc) is 3.17. The number of benzene rings is 2. The zero-order valence-electron chi connectivity index (χ0n) is 20.3. The van der Waals surface area contributed by atoms with Crippen molar-refractivity contribution in [1.82, 2.24) is 14.4 Å². The molecule has 180 valence electrons. The van der Waals surface area contributed by atoms with E-state index >= 15 is 0 Å². The van der Waals surface area contributed by atoms with E-state index in [1.807, 2.05) is 30.1 Å². The number of hydrogen-bond acceptors (Lipinski definition) is 5. The maximum Gasteiger partial charge on any atom is 0.254 e. The highest BCUT2D eigenvalue weighted by Gasteiger charge is 2.30. The van der Waals surface area contributed by atoms with E-state index in [0.717, 1.165) is 16.5 Å². The van der Waals surface area contributed by atoms with Crippen molar-refractivity contribution < 1.29 is 23.8 Å². The molecule has 4 rings (SSSR count). The van der Waals surface area contributed by atoms with E-state index in [1.54, 1.807) is 51.4 Å². The minimum Gasteiger partial charge on any atom is -0.497 e. The molecule has 1 fully saturated rings. The molecule has 1 atom stereocenters. The van der Waals surface area contributed by atoms with Gasteiger partial charge in [0.1, 0.15) is 11.5 Å². The van der Waals surface area contributed by atoms with Crippen molar-refractivity contribution in [3.05, 3.63) is 59.3 Å². The Morgan fingerprint density at radius 1 is 1.06 bits per heavy atom. The summed E-state index contributed by atoms with van der Waals surface area (Å²) in [5.74, 6) is 1.01. The Morgan fingerprint density at radius 2 is 1.76 bits per heavy atom. The van der Waals surface area contributed by atoms with Gasteiger partial charge in [0.2, 0.25) is 0 Å². The van der Waals surface area contributed by atoms with Crippen LogP contribution in [0.1, 0.15) is 26.3 Å². The van der Waals surface area contributed by atoms with E-state index in [0.29, 0.717) is 48.8 Å². The van der Waals surface area contributed by atoms with Gasteiger partial charge in [0.25, 0.3) is 11.8 Å². The van der Waals surface area contributed by atoms with Gasteiger partial charge in [-0.05, 0) is 42.3 Å². The monoisotopic (exact) mass is 465 g/mol. The van der Waals surface area contributed by atoms with Crippen LogP contribution in [0.3, 0.4) is 0 Å². The van der Waals surface area contributed by atoms with Crippen LogP contribution in [0.5, 0.6) is 11.5 Å². The van der Waals surface area contributed by atoms with Crippen LogP contribution in [-0.2, 0) is 18.2 Å². The molecule has 2 amide bonds. The van der Waals surface area contributed by atoms with Crippen LogP contribution in [-0.4, -0.2) is 80.3 Å². The van der Waals surface area contributed by atoms with Crippen molar-refractivity contribution in [2.24, 2.45) is 7.05 Å². The van der Waals surface area contributed by atoms with Crippen molar-refractivity contribution in [2.75, 3.05) is 48.1 Å². The van der Waals surface area contributed by atoms with E-state index < -0.39 is 0 Å². The van der Waals surface area contributed by atoms with Gasteiger partial charge in [-0.3, -0.25) is 9.59 Å². The molecule has 1 aromatic heterocycles. The first kappa shape index (κ1) is 23.6. The fourth-order valence-corrected chi connectivity index (χ4v) is 4.47. The van der Waals surface area contributed by atoms with Crippen molar-refractivity contribution in [3.63, 3.8) is 0 Å². The highest BCUT2D eigenvalue weighted by atomic mass is 16.5. The molecule has 0 spiro atoms. The number of hydrogen-bond donors (Lipinski definition) is 0. The SMILES string of the molecule is COc1cc(OC)cc(C(=O)N2CCOC[C@@H]2Cc2cn(C)c3ccc(C(=O)N(C)C)cc23)c1. The summed E-state index contributed by atoms with van der Waals surface area (Å²) in [6, 6.07) is 10.8. The first-order chi connectivity index (χ1) is 16.3. The van der Waals surface area contributed by atoms with Crippen molar-refractivity contribution >= 4 is 22.7 Å². The molecular formula is C26H31N3O5. The Kier molecular flexibility index (Phi) is 6.79. The van der Waals surface area contributed by atoms with E-state index in [4.69, 9.17) is 14.2 Å². The summed E-state index contributed by atoms with van der Waals surface area (Å²) >= 11 is 0. The predicted octanol–water partition coefficient (Wildman–Crippen LogP) is 2.98. The molecule has 1 aliphatic heterocycles. The third-order valence-corrected chi connectivity index (χ3v) is 6.27. The summed E-state index contributed by atoms with van der Waals surface area (Å²) in [5.41, 5.74) is 3.26. The van der Waals surface area contributed by atoms with E-state index in [1.165, 1.54) is 0 Å². The van der Waals surface area contributed by atoms with Crippen molar-refractivity contribution in [1.29, 1.82) is 0 Å². The number of carbonyl (C=O) groups is 2. The molecule has 0 radical (unpaired) electrons. The largest absolute Gasteiger partial charge is 0.497 e. The minimum absolute atomic E-state index is 0.0403. The van der Waals surface area contributed by atoms with Crippen LogP contribution in [0.2, 0.25) is 0 Å². The highest BCUT2D eigenvalue weighted by Crippen LogP contribution is 2.28. The summed E-state index contributed by atoms with van der Waals surface area (Å²) in [5, 5.41) is 1.01. The van der Waals surface area contributed by atoms with Crippen LogP contribution in [0.25, 0.3) is 10.9 Å². The molecule has 34 heavy (non-hydrogen) atoms. The minimum atomic E-state index is -0.141. The number of nitrogens with zero attached hydrogens (tertiary/aromatic N) is 3. The van der Waals surface area contributed by atoms with Gasteiger partial charge in [-0.25, -0.2) is 0 Å². The molecule has 0 unspecified atom stereocenters. The molecule has 2 heterocycles. The number of aryl methyl sites for hydroxylation is 1. The predicted molar refractivity (Wildman–Crippen MR) is 130 cm³/mol. The second-order valence-electron chi connectivity index (χ2n) is 8.73. The summed E-state index contributed by atoms with van der Waals surface area (Å²) in [7, 11) is 8.61. The van der Waals surface area contributed by atoms with Crippen LogP contribution in [0.15, 0.2) is 42.6 Å². The molecule has 3 aromatic rings. The van der Waals surface area contributed by atoms with E-state index in [-0.39, 0.29) is 17.9 Å². The van der Waals surface area contributed by atoms with E-state index in [2.05, 4.69) is 10.8 Å². The van der Waals surface area contributed by atoms with Gasteiger partial charge in [-0.2, -0.15) is 0 Å². The Labute approximate surface area is 199 Å². The molecule has 1 saturated heterocycles. The third kappa shape index (κ3) is 4.59. The second-order valence-corrected chi connectivity index (χ2v) is 8.73. The first-order valence-corrected chi connectivity index (χ1v) is 11.2. The van der Waals surface area contributed by atoms with Gasteiger partial charge in [0.05, 0.1) is 33.5 Å². The number of morpholine rings is 1. The molecular weight excluding hydrogens is 434 g/mol. The standard InChI is InChI=1S/C26H31N3O5/c1-27(2)25(30)17-6-7-24-23(13-17)19(15-28(24)3)10-20-16-34-9-8-29(20)26(31)18-11-21(32-4)14-22(12-18)33-5/h6-7,11-15,20H,8-10,16H2,1-5H3/t20-/m0/s1. The number of rotatable bonds is 6. The fraction of sp³-hybridized carbons (Fsp3) is 0.385. The number of methoxy groups -OCH3 is 2. The topological polar surface area (TPSA) is 73.2 Å². The average molecular weight is 466 g/mol. The number of fused-ring (bicyclic) bond motifs is 1. The Morgan fingerprint density at radius 3 is 2.41 bits per heavy atom. The zero-order valence-corrected chi connectivity index (χ0v) is 20.3. The third-order valence-electron chi connectivity index (χ3n) is 6.27. The molecule has 1 aliphatic rings. The molecule has 8 nitrogen and oxygen atoms in total. The van der Waals surface area contributed by atoms with Crippen LogP contribution >= 0.6 is 0 Å². The maximum atomic E-state index is 13.5. The summed E-state index contributed by atoms with van der Waals surface area (Å²) in [4.78, 5) is 29.5. The van der Waals surface area contributed by atoms with Crippen LogP contribution in [0.4, 0.5) is 0 Å². The van der Waals surface area contributed by atoms with Crippen molar-refractivity contribution in [2.45, 2.75) is 12.5 Å². The number of aromatic nitrogens is 1. The fourth-order valence-electron chi connectivity index (χ4n) is 4.47. The zero-order chi connectivity index (χ0) is 24.4. The summed E-state index contributed by atoms with van der Waals surface area (Å²) in [6.45, 7) is 1.43. The molecule has 0 bridgehead atoms. The molecule has 2 aromatic carbocycles. The van der Waals surface area contributed by atoms with Gasteiger partial charge in [-0.1, -0.05) is 0 Å². The first-order valence-electron chi connectivity index (χ1n) is 11.2. The Balaban J connectivity index is 1.65. The second kappa shape index (κ2) is 9.77. The lowest BCUT2D eigenvalue weighted by Gasteiger charge is -2.36.